The molecule has 0 aliphatic rings. The number of hydrogen-bond acceptors (Lipinski definition) is 6. The summed E-state index contributed by atoms with van der Waals surface area (Å²) in [7, 11) is -3.81. The van der Waals surface area contributed by atoms with Gasteiger partial charge in [0.05, 0.1) is 16.3 Å². The lowest BCUT2D eigenvalue weighted by Crippen LogP contribution is -2.12. The summed E-state index contributed by atoms with van der Waals surface area (Å²) in [6, 6.07) is 5.90. The fraction of sp³-hybridized carbons (Fsp3) is 0.100. The lowest BCUT2D eigenvalue weighted by molar-refractivity contribution is -0.133. The number of rotatable bonds is 5. The Bertz CT molecular complexity index is 741. The number of thioether (sulfide) groups is 1. The Balaban J connectivity index is 2.38. The molecule has 2 aromatic rings. The molecule has 20 heavy (non-hydrogen) atoms. The molecule has 1 aromatic carbocycles. The van der Waals surface area contributed by atoms with Gasteiger partial charge in [0.25, 0.3) is 0 Å². The Labute approximate surface area is 118 Å². The van der Waals surface area contributed by atoms with Crippen LogP contribution in [0, 0.1) is 0 Å². The molecule has 0 radical (unpaired) electrons. The summed E-state index contributed by atoms with van der Waals surface area (Å²) in [5.74, 6) is -1.16. The Morgan fingerprint density at radius 1 is 1.45 bits per heavy atom. The highest BCUT2D eigenvalue weighted by molar-refractivity contribution is 7.99. The predicted octanol–water partition coefficient (Wildman–Crippen LogP) is 0.0914. The van der Waals surface area contributed by atoms with E-state index in [4.69, 9.17) is 10.2 Å². The smallest absolute Gasteiger partial charge is 0.313 e. The lowest BCUT2D eigenvalue weighted by atomic mass is 10.3. The van der Waals surface area contributed by atoms with E-state index in [0.29, 0.717) is 10.8 Å². The molecule has 106 valence electrons. The van der Waals surface area contributed by atoms with Crippen LogP contribution in [-0.2, 0) is 14.8 Å². The number of sulfonamides is 1. The fourth-order valence-electron chi connectivity index (χ4n) is 1.44. The largest absolute Gasteiger partial charge is 0.481 e. The SMILES string of the molecule is NS(=O)(=O)c1cccc(-n2cnnc2SCC(=O)O)c1. The Hall–Kier alpha value is -1.91. The topological polar surface area (TPSA) is 128 Å². The molecule has 3 N–H and O–H groups in total. The van der Waals surface area contributed by atoms with Gasteiger partial charge in [0.2, 0.25) is 10.0 Å². The second-order valence-corrected chi connectivity index (χ2v) is 6.21. The normalized spacial score (nSPS) is 11.4. The van der Waals surface area contributed by atoms with Gasteiger partial charge >= 0.3 is 5.97 Å². The van der Waals surface area contributed by atoms with Crippen molar-refractivity contribution >= 4 is 27.8 Å². The molecule has 2 rings (SSSR count). The second-order valence-electron chi connectivity index (χ2n) is 3.71. The molecule has 0 spiro atoms. The summed E-state index contributed by atoms with van der Waals surface area (Å²) in [6.45, 7) is 0. The maximum atomic E-state index is 11.3. The third-order valence-corrected chi connectivity index (χ3v) is 4.10. The maximum Gasteiger partial charge on any atom is 0.313 e. The molecule has 0 bridgehead atoms. The molecule has 1 aromatic heterocycles. The summed E-state index contributed by atoms with van der Waals surface area (Å²) in [4.78, 5) is 10.5. The van der Waals surface area contributed by atoms with Crippen LogP contribution in [0.25, 0.3) is 5.69 Å². The minimum Gasteiger partial charge on any atom is -0.481 e. The molecular formula is C10H10N4O4S2. The zero-order valence-corrected chi connectivity index (χ0v) is 11.6. The number of nitrogens with zero attached hydrogens (tertiary/aromatic N) is 3. The number of carboxylic acid groups (broad SMARTS) is 1. The van der Waals surface area contributed by atoms with Gasteiger partial charge in [0.15, 0.2) is 5.16 Å². The minimum atomic E-state index is -3.81. The van der Waals surface area contributed by atoms with Crippen LogP contribution < -0.4 is 5.14 Å². The van der Waals surface area contributed by atoms with E-state index in [-0.39, 0.29) is 10.6 Å². The predicted molar refractivity (Wildman–Crippen MR) is 71.1 cm³/mol. The molecule has 0 fully saturated rings. The average molecular weight is 314 g/mol. The molecule has 0 atom stereocenters. The van der Waals surface area contributed by atoms with Crippen molar-refractivity contribution in [3.63, 3.8) is 0 Å². The standard InChI is InChI=1S/C10H10N4O4S2/c11-20(17,18)8-3-1-2-7(4-8)14-6-12-13-10(14)19-5-9(15)16/h1-4,6H,5H2,(H,15,16)(H2,11,17,18). The summed E-state index contributed by atoms with van der Waals surface area (Å²) in [6.07, 6.45) is 1.37. The molecule has 0 aliphatic carbocycles. The number of nitrogens with two attached hydrogens (primary N) is 1. The number of benzene rings is 1. The summed E-state index contributed by atoms with van der Waals surface area (Å²) in [5, 5.41) is 21.5. The highest BCUT2D eigenvalue weighted by atomic mass is 32.2. The number of hydrogen-bond donors (Lipinski definition) is 2. The van der Waals surface area contributed by atoms with Crippen LogP contribution in [0.3, 0.4) is 0 Å². The van der Waals surface area contributed by atoms with Crippen LogP contribution in [0.1, 0.15) is 0 Å². The van der Waals surface area contributed by atoms with Crippen molar-refractivity contribution in [3.8, 4) is 5.69 Å². The summed E-state index contributed by atoms with van der Waals surface area (Å²) >= 11 is 0.979. The van der Waals surface area contributed by atoms with Crippen molar-refractivity contribution in [2.24, 2.45) is 5.14 Å². The van der Waals surface area contributed by atoms with Crippen molar-refractivity contribution in [2.45, 2.75) is 10.1 Å². The number of aromatic nitrogens is 3. The maximum absolute atomic E-state index is 11.3. The van der Waals surface area contributed by atoms with Gasteiger partial charge in [-0.2, -0.15) is 0 Å². The molecule has 0 saturated heterocycles. The molecule has 10 heteroatoms. The molecule has 0 amide bonds. The highest BCUT2D eigenvalue weighted by Crippen LogP contribution is 2.21. The monoisotopic (exact) mass is 314 g/mol. The van der Waals surface area contributed by atoms with Crippen molar-refractivity contribution in [2.75, 3.05) is 5.75 Å². The van der Waals surface area contributed by atoms with Crippen LogP contribution >= 0.6 is 11.8 Å². The lowest BCUT2D eigenvalue weighted by Gasteiger charge is -2.06. The van der Waals surface area contributed by atoms with E-state index in [2.05, 4.69) is 10.2 Å². The van der Waals surface area contributed by atoms with Gasteiger partial charge in [-0.15, -0.1) is 10.2 Å². The van der Waals surface area contributed by atoms with E-state index >= 15 is 0 Å². The first-order valence-corrected chi connectivity index (χ1v) is 7.79. The number of primary sulfonamides is 1. The van der Waals surface area contributed by atoms with Crippen molar-refractivity contribution in [1.82, 2.24) is 14.8 Å². The summed E-state index contributed by atoms with van der Waals surface area (Å²) < 4.78 is 24.1. The Morgan fingerprint density at radius 2 is 2.20 bits per heavy atom. The van der Waals surface area contributed by atoms with Crippen LogP contribution in [0.5, 0.6) is 0 Å². The van der Waals surface area contributed by atoms with Crippen molar-refractivity contribution in [3.05, 3.63) is 30.6 Å². The molecule has 0 unspecified atom stereocenters. The first kappa shape index (κ1) is 14.5. The van der Waals surface area contributed by atoms with Gasteiger partial charge in [-0.3, -0.25) is 9.36 Å². The van der Waals surface area contributed by atoms with Crippen LogP contribution in [-0.4, -0.2) is 40.0 Å². The van der Waals surface area contributed by atoms with Gasteiger partial charge in [-0.05, 0) is 18.2 Å². The minimum absolute atomic E-state index is 0.0436. The number of carboxylic acids is 1. The molecule has 0 saturated carbocycles. The van der Waals surface area contributed by atoms with E-state index in [9.17, 15) is 13.2 Å². The molecule has 8 nitrogen and oxygen atoms in total. The van der Waals surface area contributed by atoms with Gasteiger partial charge in [0, 0.05) is 0 Å². The molecule has 1 heterocycles. The molecule has 0 aliphatic heterocycles. The van der Waals surface area contributed by atoms with Gasteiger partial charge < -0.3 is 5.11 Å². The number of aliphatic carboxylic acids is 1. The quantitative estimate of drug-likeness (QED) is 0.748. The third-order valence-electron chi connectivity index (χ3n) is 2.27. The van der Waals surface area contributed by atoms with Gasteiger partial charge in [0.1, 0.15) is 6.33 Å². The number of carbonyl (C=O) groups is 1. The third kappa shape index (κ3) is 3.35. The van der Waals surface area contributed by atoms with Gasteiger partial charge in [-0.1, -0.05) is 17.8 Å². The van der Waals surface area contributed by atoms with Crippen LogP contribution in [0.15, 0.2) is 40.6 Å². The fourth-order valence-corrected chi connectivity index (χ4v) is 2.64. The second kappa shape index (κ2) is 5.61. The van der Waals surface area contributed by atoms with E-state index in [1.807, 2.05) is 0 Å². The van der Waals surface area contributed by atoms with E-state index < -0.39 is 16.0 Å². The van der Waals surface area contributed by atoms with E-state index in [1.54, 1.807) is 6.07 Å². The Morgan fingerprint density at radius 3 is 2.85 bits per heavy atom. The van der Waals surface area contributed by atoms with Crippen LogP contribution in [0.4, 0.5) is 0 Å². The zero-order chi connectivity index (χ0) is 14.8. The van der Waals surface area contributed by atoms with E-state index in [1.165, 1.54) is 29.1 Å². The summed E-state index contributed by atoms with van der Waals surface area (Å²) in [5.41, 5.74) is 0.481. The first-order valence-electron chi connectivity index (χ1n) is 5.26. The van der Waals surface area contributed by atoms with Crippen molar-refractivity contribution in [1.29, 1.82) is 0 Å². The van der Waals surface area contributed by atoms with Gasteiger partial charge in [-0.25, -0.2) is 13.6 Å². The Kier molecular flexibility index (Phi) is 4.06. The average Bonchev–Trinajstić information content (AvgIpc) is 2.83. The van der Waals surface area contributed by atoms with Crippen molar-refractivity contribution < 1.29 is 18.3 Å². The van der Waals surface area contributed by atoms with Crippen LogP contribution in [0.2, 0.25) is 0 Å². The zero-order valence-electron chi connectivity index (χ0n) is 10.0. The first-order chi connectivity index (χ1) is 9.38. The molecular weight excluding hydrogens is 304 g/mol. The highest BCUT2D eigenvalue weighted by Gasteiger charge is 2.12. The van der Waals surface area contributed by atoms with E-state index in [0.717, 1.165) is 11.8 Å².